The number of nitrogens with zero attached hydrogens (tertiary/aromatic N) is 1. The number of alkyl halides is 5. The third kappa shape index (κ3) is 3.39. The van der Waals surface area contributed by atoms with Gasteiger partial charge >= 0.3 is 12.8 Å². The monoisotopic (exact) mass is 299 g/mol. The van der Waals surface area contributed by atoms with Gasteiger partial charge in [0, 0.05) is 12.1 Å². The average Bonchev–Trinajstić information content (AvgIpc) is 2.25. The highest BCUT2D eigenvalue weighted by Gasteiger charge is 2.39. The van der Waals surface area contributed by atoms with Gasteiger partial charge in [0.2, 0.25) is 0 Å². The summed E-state index contributed by atoms with van der Waals surface area (Å²) in [6.07, 6.45) is -5.19. The van der Waals surface area contributed by atoms with Crippen LogP contribution in [-0.2, 0) is 6.18 Å². The van der Waals surface area contributed by atoms with Crippen LogP contribution in [0.4, 0.5) is 27.6 Å². The fourth-order valence-corrected chi connectivity index (χ4v) is 1.41. The van der Waals surface area contributed by atoms with Crippen molar-refractivity contribution in [3.8, 4) is 5.75 Å². The molecule has 110 valence electrons. The van der Waals surface area contributed by atoms with Crippen LogP contribution in [0.1, 0.15) is 22.8 Å². The molecule has 1 aromatic carbocycles. The van der Waals surface area contributed by atoms with E-state index in [0.717, 1.165) is 6.92 Å². The van der Waals surface area contributed by atoms with Crippen LogP contribution in [0, 0.1) is 10.1 Å². The minimum Gasteiger partial charge on any atom is -0.433 e. The SMILES string of the molecule is CC(=O)c1cc([N+](=O)[O-])cc(C(F)(F)F)c1OC(F)F. The summed E-state index contributed by atoms with van der Waals surface area (Å²) in [6.45, 7) is -2.84. The van der Waals surface area contributed by atoms with Crippen LogP contribution in [0.3, 0.4) is 0 Å². The lowest BCUT2D eigenvalue weighted by atomic mass is 10.0. The predicted molar refractivity (Wildman–Crippen MR) is 54.7 cm³/mol. The first-order valence-corrected chi connectivity index (χ1v) is 4.89. The number of rotatable bonds is 4. The van der Waals surface area contributed by atoms with Gasteiger partial charge in [-0.1, -0.05) is 0 Å². The molecule has 0 aliphatic heterocycles. The number of carbonyl (C=O) groups excluding carboxylic acids is 1. The van der Waals surface area contributed by atoms with Gasteiger partial charge in [0.15, 0.2) is 5.78 Å². The molecule has 0 bridgehead atoms. The van der Waals surface area contributed by atoms with Crippen molar-refractivity contribution in [1.29, 1.82) is 0 Å². The van der Waals surface area contributed by atoms with Crippen LogP contribution in [0.5, 0.6) is 5.75 Å². The van der Waals surface area contributed by atoms with Gasteiger partial charge in [-0.3, -0.25) is 14.9 Å². The Morgan fingerprint density at radius 2 is 1.90 bits per heavy atom. The van der Waals surface area contributed by atoms with Gasteiger partial charge in [-0.2, -0.15) is 22.0 Å². The molecule has 0 aliphatic carbocycles. The lowest BCUT2D eigenvalue weighted by Gasteiger charge is -2.15. The summed E-state index contributed by atoms with van der Waals surface area (Å²) in [7, 11) is 0. The Balaban J connectivity index is 3.67. The summed E-state index contributed by atoms with van der Waals surface area (Å²) >= 11 is 0. The molecule has 0 fully saturated rings. The van der Waals surface area contributed by atoms with E-state index in [4.69, 9.17) is 0 Å². The molecule has 20 heavy (non-hydrogen) atoms. The van der Waals surface area contributed by atoms with Crippen LogP contribution in [0.25, 0.3) is 0 Å². The molecule has 1 aromatic rings. The van der Waals surface area contributed by atoms with Crippen molar-refractivity contribution in [1.82, 2.24) is 0 Å². The zero-order chi connectivity index (χ0) is 15.7. The zero-order valence-electron chi connectivity index (χ0n) is 9.70. The van der Waals surface area contributed by atoms with Gasteiger partial charge in [-0.25, -0.2) is 0 Å². The quantitative estimate of drug-likeness (QED) is 0.370. The highest BCUT2D eigenvalue weighted by Crippen LogP contribution is 2.41. The van der Waals surface area contributed by atoms with E-state index in [2.05, 4.69) is 4.74 Å². The van der Waals surface area contributed by atoms with E-state index in [9.17, 15) is 36.9 Å². The number of halogens is 5. The van der Waals surface area contributed by atoms with Crippen molar-refractivity contribution in [3.63, 3.8) is 0 Å². The zero-order valence-corrected chi connectivity index (χ0v) is 9.70. The van der Waals surface area contributed by atoms with E-state index in [1.54, 1.807) is 0 Å². The maximum absolute atomic E-state index is 12.7. The third-order valence-electron chi connectivity index (χ3n) is 2.18. The Bertz CT molecular complexity index is 555. The Morgan fingerprint density at radius 1 is 1.35 bits per heavy atom. The minimum absolute atomic E-state index is 0.0319. The molecule has 1 rings (SSSR count). The Morgan fingerprint density at radius 3 is 2.25 bits per heavy atom. The predicted octanol–water partition coefficient (Wildman–Crippen LogP) is 3.42. The molecule has 0 saturated heterocycles. The maximum atomic E-state index is 12.7. The number of hydrogen-bond acceptors (Lipinski definition) is 4. The molecular formula is C10H6F5NO4. The second-order valence-corrected chi connectivity index (χ2v) is 3.56. The van der Waals surface area contributed by atoms with Crippen LogP contribution in [0.2, 0.25) is 0 Å². The summed E-state index contributed by atoms with van der Waals surface area (Å²) in [5, 5.41) is 10.5. The summed E-state index contributed by atoms with van der Waals surface area (Å²) in [6, 6.07) is 0.486. The van der Waals surface area contributed by atoms with Crippen LogP contribution in [-0.4, -0.2) is 17.3 Å². The summed E-state index contributed by atoms with van der Waals surface area (Å²) in [4.78, 5) is 20.5. The van der Waals surface area contributed by atoms with Gasteiger partial charge in [0.25, 0.3) is 5.69 Å². The van der Waals surface area contributed by atoms with Gasteiger partial charge < -0.3 is 4.74 Å². The highest BCUT2D eigenvalue weighted by atomic mass is 19.4. The number of carbonyl (C=O) groups is 1. The number of nitro benzene ring substituents is 1. The van der Waals surface area contributed by atoms with E-state index >= 15 is 0 Å². The molecule has 0 unspecified atom stereocenters. The number of hydrogen-bond donors (Lipinski definition) is 0. The Labute approximate surface area is 108 Å². The van der Waals surface area contributed by atoms with E-state index in [1.165, 1.54) is 0 Å². The van der Waals surface area contributed by atoms with Crippen molar-refractivity contribution >= 4 is 11.5 Å². The molecule has 0 aromatic heterocycles. The normalized spacial score (nSPS) is 11.6. The molecule has 0 atom stereocenters. The molecule has 0 radical (unpaired) electrons. The maximum Gasteiger partial charge on any atom is 0.420 e. The lowest BCUT2D eigenvalue weighted by molar-refractivity contribution is -0.385. The molecule has 0 spiro atoms. The first kappa shape index (κ1) is 15.8. The first-order valence-electron chi connectivity index (χ1n) is 4.89. The fraction of sp³-hybridized carbons (Fsp3) is 0.300. The van der Waals surface area contributed by atoms with E-state index in [-0.39, 0.29) is 6.07 Å². The number of nitro groups is 1. The summed E-state index contributed by atoms with van der Waals surface area (Å²) in [5.74, 6) is -2.50. The minimum atomic E-state index is -5.19. The van der Waals surface area contributed by atoms with E-state index in [0.29, 0.717) is 6.07 Å². The lowest BCUT2D eigenvalue weighted by Crippen LogP contribution is -2.15. The van der Waals surface area contributed by atoms with Crippen LogP contribution in [0.15, 0.2) is 12.1 Å². The van der Waals surface area contributed by atoms with Crippen molar-refractivity contribution in [2.75, 3.05) is 0 Å². The fourth-order valence-electron chi connectivity index (χ4n) is 1.41. The molecule has 0 amide bonds. The molecule has 0 N–H and O–H groups in total. The molecule has 0 aliphatic rings. The Hall–Kier alpha value is -2.26. The smallest absolute Gasteiger partial charge is 0.420 e. The second-order valence-electron chi connectivity index (χ2n) is 3.56. The van der Waals surface area contributed by atoms with Crippen molar-refractivity contribution in [2.45, 2.75) is 19.7 Å². The summed E-state index contributed by atoms with van der Waals surface area (Å²) in [5.41, 5.74) is -3.80. The average molecular weight is 299 g/mol. The first-order chi connectivity index (χ1) is 9.04. The van der Waals surface area contributed by atoms with Crippen molar-refractivity contribution in [2.24, 2.45) is 0 Å². The van der Waals surface area contributed by atoms with Crippen LogP contribution < -0.4 is 4.74 Å². The largest absolute Gasteiger partial charge is 0.433 e. The topological polar surface area (TPSA) is 69.4 Å². The molecular weight excluding hydrogens is 293 g/mol. The number of non-ortho nitro benzene ring substituents is 1. The van der Waals surface area contributed by atoms with Gasteiger partial charge in [0.05, 0.1) is 10.5 Å². The third-order valence-corrected chi connectivity index (χ3v) is 2.18. The highest BCUT2D eigenvalue weighted by molar-refractivity contribution is 5.98. The van der Waals surface area contributed by atoms with Crippen molar-refractivity contribution in [3.05, 3.63) is 33.4 Å². The van der Waals surface area contributed by atoms with Crippen LogP contribution >= 0.6 is 0 Å². The molecule has 0 saturated carbocycles. The van der Waals surface area contributed by atoms with E-state index < -0.39 is 46.1 Å². The molecule has 0 heterocycles. The number of ketones is 1. The standard InChI is InChI=1S/C10H6F5NO4/c1-4(17)6-2-5(16(18)19)3-7(10(13,14)15)8(6)20-9(11)12/h2-3,9H,1H3. The number of ether oxygens (including phenoxy) is 1. The summed E-state index contributed by atoms with van der Waals surface area (Å²) < 4.78 is 66.2. The molecule has 5 nitrogen and oxygen atoms in total. The molecule has 10 heteroatoms. The second kappa shape index (κ2) is 5.39. The van der Waals surface area contributed by atoms with Crippen molar-refractivity contribution < 1.29 is 36.4 Å². The van der Waals surface area contributed by atoms with Gasteiger partial charge in [0.1, 0.15) is 11.3 Å². The number of benzene rings is 1. The Kier molecular flexibility index (Phi) is 4.26. The number of Topliss-reactive ketones (excluding diaryl/α,β-unsaturated/α-hetero) is 1. The van der Waals surface area contributed by atoms with Gasteiger partial charge in [-0.05, 0) is 6.92 Å². The van der Waals surface area contributed by atoms with Gasteiger partial charge in [-0.15, -0.1) is 0 Å². The van der Waals surface area contributed by atoms with E-state index in [1.807, 2.05) is 0 Å².